The van der Waals surface area contributed by atoms with Gasteiger partial charge in [0, 0.05) is 5.92 Å². The second kappa shape index (κ2) is 6.93. The normalized spacial score (nSPS) is 19.9. The van der Waals surface area contributed by atoms with Crippen molar-refractivity contribution in [2.45, 2.75) is 52.9 Å². The van der Waals surface area contributed by atoms with Crippen LogP contribution in [0.1, 0.15) is 52.9 Å². The topological polar surface area (TPSA) is 43.1 Å². The van der Waals surface area contributed by atoms with Crippen LogP contribution >= 0.6 is 0 Å². The Bertz CT molecular complexity index is 139. The van der Waals surface area contributed by atoms with Gasteiger partial charge in [-0.3, -0.25) is 4.79 Å². The largest absolute Gasteiger partial charge is 0.369 e. The summed E-state index contributed by atoms with van der Waals surface area (Å²) in [4.78, 5) is 10.8. The maximum absolute atomic E-state index is 10.8. The van der Waals surface area contributed by atoms with Crippen LogP contribution in [0.2, 0.25) is 0 Å². The average molecular weight is 185 g/mol. The molecule has 0 aromatic heterocycles. The number of nitrogens with two attached hydrogens (primary N) is 1. The van der Waals surface area contributed by atoms with E-state index < -0.39 is 0 Å². The lowest BCUT2D eigenvalue weighted by Crippen LogP contribution is -2.28. The zero-order valence-corrected chi connectivity index (χ0v) is 9.18. The third-order valence-electron chi connectivity index (χ3n) is 2.81. The van der Waals surface area contributed by atoms with Gasteiger partial charge in [-0.2, -0.15) is 0 Å². The van der Waals surface area contributed by atoms with Gasteiger partial charge in [0.2, 0.25) is 5.91 Å². The molecule has 0 aromatic carbocycles. The molecule has 0 aliphatic heterocycles. The van der Waals surface area contributed by atoms with Crippen LogP contribution in [0.4, 0.5) is 0 Å². The fourth-order valence-electron chi connectivity index (χ4n) is 1.87. The van der Waals surface area contributed by atoms with Crippen molar-refractivity contribution in [1.29, 1.82) is 0 Å². The maximum Gasteiger partial charge on any atom is 0.220 e. The minimum atomic E-state index is -0.128. The number of hydrogen-bond acceptors (Lipinski definition) is 1. The standard InChI is InChI=1S/C9H17NO.C2H6/c1-7(9(10)11)8-5-3-2-4-6-8;1-2/h7-8H,2-6H2,1H3,(H2,10,11);1-2H3/t7-;/m0./s1. The minimum absolute atomic E-state index is 0.0929. The predicted octanol–water partition coefficient (Wildman–Crippen LogP) is 2.71. The molecule has 1 fully saturated rings. The van der Waals surface area contributed by atoms with Gasteiger partial charge in [-0.15, -0.1) is 0 Å². The first-order valence-corrected chi connectivity index (χ1v) is 5.51. The first-order valence-electron chi connectivity index (χ1n) is 5.51. The Morgan fingerprint density at radius 1 is 1.23 bits per heavy atom. The lowest BCUT2D eigenvalue weighted by atomic mass is 9.81. The van der Waals surface area contributed by atoms with Crippen LogP contribution in [0.15, 0.2) is 0 Å². The van der Waals surface area contributed by atoms with Crippen molar-refractivity contribution in [2.75, 3.05) is 0 Å². The molecule has 78 valence electrons. The summed E-state index contributed by atoms with van der Waals surface area (Å²) in [5.74, 6) is 0.536. The molecule has 1 aliphatic rings. The molecule has 0 radical (unpaired) electrons. The molecular formula is C11H23NO. The fraction of sp³-hybridized carbons (Fsp3) is 0.909. The molecule has 1 aliphatic carbocycles. The zero-order chi connectivity index (χ0) is 10.3. The molecule has 0 bridgehead atoms. The molecule has 13 heavy (non-hydrogen) atoms. The first kappa shape index (κ1) is 12.5. The summed E-state index contributed by atoms with van der Waals surface area (Å²) in [5.41, 5.74) is 5.23. The Balaban J connectivity index is 0.000000671. The summed E-state index contributed by atoms with van der Waals surface area (Å²) in [6.07, 6.45) is 6.29. The molecule has 2 N–H and O–H groups in total. The van der Waals surface area contributed by atoms with E-state index in [0.29, 0.717) is 5.92 Å². The van der Waals surface area contributed by atoms with E-state index in [1.807, 2.05) is 20.8 Å². The summed E-state index contributed by atoms with van der Waals surface area (Å²) in [6.45, 7) is 5.96. The molecule has 0 aromatic rings. The smallest absolute Gasteiger partial charge is 0.220 e. The SMILES string of the molecule is CC.C[C@H](C(N)=O)C1CCCCC1. The number of rotatable bonds is 2. The summed E-state index contributed by atoms with van der Waals surface area (Å²) < 4.78 is 0. The molecule has 1 rings (SSSR count). The van der Waals surface area contributed by atoms with Crippen LogP contribution < -0.4 is 5.73 Å². The zero-order valence-electron chi connectivity index (χ0n) is 9.18. The van der Waals surface area contributed by atoms with Crippen molar-refractivity contribution < 1.29 is 4.79 Å². The first-order chi connectivity index (χ1) is 6.22. The minimum Gasteiger partial charge on any atom is -0.369 e. The number of primary amides is 1. The van der Waals surface area contributed by atoms with Gasteiger partial charge in [0.25, 0.3) is 0 Å². The highest BCUT2D eigenvalue weighted by atomic mass is 16.1. The van der Waals surface area contributed by atoms with Gasteiger partial charge in [0.15, 0.2) is 0 Å². The lowest BCUT2D eigenvalue weighted by molar-refractivity contribution is -0.123. The quantitative estimate of drug-likeness (QED) is 0.706. The van der Waals surface area contributed by atoms with Crippen LogP contribution in [0.5, 0.6) is 0 Å². The van der Waals surface area contributed by atoms with Crippen LogP contribution in [-0.4, -0.2) is 5.91 Å². The van der Waals surface area contributed by atoms with E-state index in [2.05, 4.69) is 0 Å². The monoisotopic (exact) mass is 185 g/mol. The van der Waals surface area contributed by atoms with Gasteiger partial charge in [0.1, 0.15) is 0 Å². The molecule has 0 saturated heterocycles. The Labute approximate surface area is 81.9 Å². The van der Waals surface area contributed by atoms with E-state index in [1.54, 1.807) is 0 Å². The van der Waals surface area contributed by atoms with Gasteiger partial charge >= 0.3 is 0 Å². The van der Waals surface area contributed by atoms with Crippen LogP contribution in [0.3, 0.4) is 0 Å². The second-order valence-electron chi connectivity index (χ2n) is 3.59. The summed E-state index contributed by atoms with van der Waals surface area (Å²) in [5, 5.41) is 0. The Morgan fingerprint density at radius 3 is 2.08 bits per heavy atom. The number of hydrogen-bond donors (Lipinski definition) is 1. The highest BCUT2D eigenvalue weighted by Crippen LogP contribution is 2.29. The van der Waals surface area contributed by atoms with Crippen LogP contribution in [-0.2, 0) is 4.79 Å². The molecule has 1 atom stereocenters. The molecule has 0 unspecified atom stereocenters. The van der Waals surface area contributed by atoms with Gasteiger partial charge in [-0.1, -0.05) is 40.0 Å². The van der Waals surface area contributed by atoms with Crippen molar-refractivity contribution >= 4 is 5.91 Å². The Morgan fingerprint density at radius 2 is 1.69 bits per heavy atom. The van der Waals surface area contributed by atoms with Crippen LogP contribution in [0.25, 0.3) is 0 Å². The van der Waals surface area contributed by atoms with Gasteiger partial charge in [-0.05, 0) is 18.8 Å². The Kier molecular flexibility index (Phi) is 6.65. The van der Waals surface area contributed by atoms with Gasteiger partial charge < -0.3 is 5.73 Å². The van der Waals surface area contributed by atoms with E-state index in [-0.39, 0.29) is 11.8 Å². The maximum atomic E-state index is 10.8. The summed E-state index contributed by atoms with van der Waals surface area (Å²) >= 11 is 0. The summed E-state index contributed by atoms with van der Waals surface area (Å²) in [6, 6.07) is 0. The van der Waals surface area contributed by atoms with Crippen molar-refractivity contribution in [3.05, 3.63) is 0 Å². The van der Waals surface area contributed by atoms with E-state index in [1.165, 1.54) is 32.1 Å². The number of carbonyl (C=O) groups is 1. The second-order valence-corrected chi connectivity index (χ2v) is 3.59. The fourth-order valence-corrected chi connectivity index (χ4v) is 1.87. The van der Waals surface area contributed by atoms with Crippen molar-refractivity contribution in [3.63, 3.8) is 0 Å². The van der Waals surface area contributed by atoms with Gasteiger partial charge in [-0.25, -0.2) is 0 Å². The van der Waals surface area contributed by atoms with Crippen molar-refractivity contribution in [2.24, 2.45) is 17.6 Å². The Hall–Kier alpha value is -0.530. The lowest BCUT2D eigenvalue weighted by Gasteiger charge is -2.25. The molecule has 2 nitrogen and oxygen atoms in total. The van der Waals surface area contributed by atoms with Gasteiger partial charge in [0.05, 0.1) is 0 Å². The molecule has 1 amide bonds. The molecule has 1 saturated carbocycles. The molecule has 0 spiro atoms. The third-order valence-corrected chi connectivity index (χ3v) is 2.81. The van der Waals surface area contributed by atoms with E-state index in [9.17, 15) is 4.79 Å². The number of carbonyl (C=O) groups excluding carboxylic acids is 1. The van der Waals surface area contributed by atoms with Crippen molar-refractivity contribution in [1.82, 2.24) is 0 Å². The highest BCUT2D eigenvalue weighted by molar-refractivity contribution is 5.76. The molecule has 0 heterocycles. The van der Waals surface area contributed by atoms with E-state index in [4.69, 9.17) is 5.73 Å². The molecule has 2 heteroatoms. The predicted molar refractivity (Wildman–Crippen MR) is 56.3 cm³/mol. The average Bonchev–Trinajstić information content (AvgIpc) is 2.21. The third kappa shape index (κ3) is 4.30. The van der Waals surface area contributed by atoms with E-state index >= 15 is 0 Å². The van der Waals surface area contributed by atoms with Crippen molar-refractivity contribution in [3.8, 4) is 0 Å². The summed E-state index contributed by atoms with van der Waals surface area (Å²) in [7, 11) is 0. The molecular weight excluding hydrogens is 162 g/mol. The highest BCUT2D eigenvalue weighted by Gasteiger charge is 2.23. The number of amides is 1. The van der Waals surface area contributed by atoms with Crippen LogP contribution in [0, 0.1) is 11.8 Å². The van der Waals surface area contributed by atoms with E-state index in [0.717, 1.165) is 0 Å².